The van der Waals surface area contributed by atoms with Crippen LogP contribution >= 0.6 is 0 Å². The highest BCUT2D eigenvalue weighted by Gasteiger charge is 2.23. The van der Waals surface area contributed by atoms with Gasteiger partial charge in [0.25, 0.3) is 10.1 Å². The smallest absolute Gasteiger partial charge is 0.397 e. The highest BCUT2D eigenvalue weighted by Crippen LogP contribution is 2.45. The van der Waals surface area contributed by atoms with Crippen molar-refractivity contribution in [1.82, 2.24) is 0 Å². The van der Waals surface area contributed by atoms with E-state index in [1.54, 1.807) is 0 Å². The number of hydrogen-bond donors (Lipinski definition) is 4. The zero-order valence-corrected chi connectivity index (χ0v) is 27.3. The highest BCUT2D eigenvalue weighted by molar-refractivity contribution is 7.91. The number of phenolic OH excluding ortho intramolecular Hbond substituents is 1. The number of nitrogens with zero attached hydrogens (tertiary/aromatic N) is 4. The Balaban J connectivity index is 1.68. The maximum absolute atomic E-state index is 12.4. The molecule has 0 amide bonds. The van der Waals surface area contributed by atoms with Crippen molar-refractivity contribution < 1.29 is 52.1 Å². The van der Waals surface area contributed by atoms with Crippen molar-refractivity contribution in [2.45, 2.75) is 21.6 Å². The van der Waals surface area contributed by atoms with E-state index in [-0.39, 0.29) is 43.4 Å². The summed E-state index contributed by atoms with van der Waals surface area (Å²) >= 11 is 0. The molecule has 0 bridgehead atoms. The Morgan fingerprint density at radius 2 is 1.26 bits per heavy atom. The molecule has 47 heavy (non-hydrogen) atoms. The third-order valence-electron chi connectivity index (χ3n) is 6.41. The molecule has 0 aliphatic carbocycles. The Hall–Kier alpha value is -4.38. The van der Waals surface area contributed by atoms with E-state index < -0.39 is 74.6 Å². The molecule has 0 unspecified atom stereocenters. The molecule has 4 rings (SSSR count). The van der Waals surface area contributed by atoms with Gasteiger partial charge in [-0.15, -0.1) is 10.2 Å². The monoisotopic (exact) mass is 727 g/mol. The van der Waals surface area contributed by atoms with Gasteiger partial charge in [0.2, 0.25) is 0 Å². The van der Waals surface area contributed by atoms with Crippen LogP contribution in [-0.4, -0.2) is 66.0 Å². The minimum Gasteiger partial charge on any atom is -0.505 e. The Bertz CT molecular complexity index is 2340. The third kappa shape index (κ3) is 8.51. The first-order valence-electron chi connectivity index (χ1n) is 13.0. The van der Waals surface area contributed by atoms with E-state index in [1.807, 2.05) is 0 Å². The lowest BCUT2D eigenvalue weighted by atomic mass is 10.1. The van der Waals surface area contributed by atoms with Crippen LogP contribution in [0.4, 0.5) is 28.4 Å². The first-order valence-corrected chi connectivity index (χ1v) is 19.1. The van der Waals surface area contributed by atoms with Crippen LogP contribution in [0.25, 0.3) is 10.8 Å². The minimum absolute atomic E-state index is 0.00319. The Morgan fingerprint density at radius 3 is 1.77 bits per heavy atom. The Morgan fingerprint density at radius 1 is 0.723 bits per heavy atom. The number of benzene rings is 4. The molecule has 17 nitrogen and oxygen atoms in total. The van der Waals surface area contributed by atoms with Crippen LogP contribution in [0.5, 0.6) is 5.75 Å². The lowest BCUT2D eigenvalue weighted by molar-refractivity contribution is 0.284. The number of nitrogen functional groups attached to an aromatic ring is 1. The summed E-state index contributed by atoms with van der Waals surface area (Å²) in [6, 6.07) is 13.8. The molecular weight excluding hydrogens is 703 g/mol. The summed E-state index contributed by atoms with van der Waals surface area (Å²) in [5.74, 6) is -1.39. The van der Waals surface area contributed by atoms with E-state index in [2.05, 4.69) is 24.6 Å². The Kier molecular flexibility index (Phi) is 10.1. The number of hydrogen-bond acceptors (Lipinski definition) is 15. The molecule has 0 radical (unpaired) electrons. The number of aromatic hydroxyl groups is 1. The number of anilines is 1. The summed E-state index contributed by atoms with van der Waals surface area (Å²) < 4.78 is 117. The van der Waals surface area contributed by atoms with Gasteiger partial charge in [-0.25, -0.2) is 21.0 Å². The highest BCUT2D eigenvalue weighted by atomic mass is 32.3. The molecule has 4 aromatic carbocycles. The average molecular weight is 728 g/mol. The van der Waals surface area contributed by atoms with Gasteiger partial charge in [-0.05, 0) is 66.0 Å². The van der Waals surface area contributed by atoms with E-state index >= 15 is 0 Å². The van der Waals surface area contributed by atoms with Gasteiger partial charge in [0, 0.05) is 0 Å². The fraction of sp³-hybridized carbons (Fsp3) is 0.154. The first-order chi connectivity index (χ1) is 21.8. The largest absolute Gasteiger partial charge is 0.505 e. The molecule has 0 saturated heterocycles. The number of rotatable bonds is 12. The third-order valence-corrected chi connectivity index (χ3v) is 11.2. The van der Waals surface area contributed by atoms with Crippen LogP contribution in [0, 0.1) is 0 Å². The van der Waals surface area contributed by atoms with Gasteiger partial charge in [0.15, 0.2) is 25.4 Å². The second kappa shape index (κ2) is 13.4. The molecule has 0 aliphatic rings. The van der Waals surface area contributed by atoms with Crippen molar-refractivity contribution in [2.24, 2.45) is 20.5 Å². The van der Waals surface area contributed by atoms with Crippen LogP contribution in [0.3, 0.4) is 0 Å². The first kappa shape index (κ1) is 35.5. The maximum atomic E-state index is 12.4. The molecule has 0 fully saturated rings. The van der Waals surface area contributed by atoms with Crippen molar-refractivity contribution in [3.8, 4) is 5.75 Å². The molecule has 21 heteroatoms. The van der Waals surface area contributed by atoms with Crippen LogP contribution < -0.4 is 5.73 Å². The van der Waals surface area contributed by atoms with Crippen LogP contribution in [-0.2, 0) is 44.4 Å². The van der Waals surface area contributed by atoms with Gasteiger partial charge in [-0.2, -0.15) is 27.1 Å². The summed E-state index contributed by atoms with van der Waals surface area (Å²) in [7, 11) is -17.2. The maximum Gasteiger partial charge on any atom is 0.397 e. The lowest BCUT2D eigenvalue weighted by Gasteiger charge is -2.12. The van der Waals surface area contributed by atoms with E-state index in [4.69, 9.17) is 10.3 Å². The SMILES string of the molecule is CCS(=O)(=O)c1ccc(/N=N/c2ccc3cc(S(=O)(=O)O)c(/N=N/c4ccc(S(=O)(=O)CCOS(=O)(=O)O)cc4)c(N)c3c2O)cc1. The van der Waals surface area contributed by atoms with Crippen molar-refractivity contribution in [3.05, 3.63) is 66.7 Å². The van der Waals surface area contributed by atoms with Gasteiger partial charge >= 0.3 is 10.4 Å². The zero-order chi connectivity index (χ0) is 34.8. The number of azo groups is 2. The predicted octanol–water partition coefficient (Wildman–Crippen LogP) is 4.59. The summed E-state index contributed by atoms with van der Waals surface area (Å²) in [6.45, 7) is 0.673. The fourth-order valence-corrected chi connectivity index (χ4v) is 7.08. The second-order valence-electron chi connectivity index (χ2n) is 9.50. The normalized spacial score (nSPS) is 13.2. The van der Waals surface area contributed by atoms with Crippen molar-refractivity contribution in [1.29, 1.82) is 0 Å². The standard InChI is InChI=1S/C26H25N5O12S4/c1-2-44(33,34)19-8-4-17(5-9-19)28-30-21-12-3-16-15-22(46(37,38)39)25(24(27)23(16)26(21)32)31-29-18-6-10-20(11-7-18)45(35,36)14-13-43-47(40,41)42/h3-12,15,32H,2,13-14,27H2,1H3,(H,37,38,39)(H,40,41,42)/b30-28+,31-29+. The summed E-state index contributed by atoms with van der Waals surface area (Å²) in [4.78, 5) is -0.908. The number of fused-ring (bicyclic) bond motifs is 1. The molecule has 250 valence electrons. The quantitative estimate of drug-likeness (QED) is 0.0883. The molecule has 5 N–H and O–H groups in total. The van der Waals surface area contributed by atoms with E-state index in [0.717, 1.165) is 18.2 Å². The fourth-order valence-electron chi connectivity index (χ4n) is 4.03. The summed E-state index contributed by atoms with van der Waals surface area (Å²) in [6.07, 6.45) is 0. The van der Waals surface area contributed by atoms with Crippen LogP contribution in [0.2, 0.25) is 0 Å². The number of phenols is 1. The summed E-state index contributed by atoms with van der Waals surface area (Å²) in [5.41, 5.74) is 5.40. The topological polar surface area (TPSA) is 282 Å². The van der Waals surface area contributed by atoms with Crippen LogP contribution in [0.1, 0.15) is 6.92 Å². The minimum atomic E-state index is -4.93. The molecular formula is C26H25N5O12S4. The van der Waals surface area contributed by atoms with Gasteiger partial charge < -0.3 is 10.8 Å². The van der Waals surface area contributed by atoms with Crippen molar-refractivity contribution in [3.63, 3.8) is 0 Å². The molecule has 0 saturated carbocycles. The predicted molar refractivity (Wildman–Crippen MR) is 168 cm³/mol. The van der Waals surface area contributed by atoms with Gasteiger partial charge in [-0.1, -0.05) is 13.0 Å². The zero-order valence-electron chi connectivity index (χ0n) is 24.0. The summed E-state index contributed by atoms with van der Waals surface area (Å²) in [5, 5.41) is 26.6. The van der Waals surface area contributed by atoms with Gasteiger partial charge in [0.05, 0.1) is 50.4 Å². The Labute approximate surface area is 269 Å². The number of nitrogens with two attached hydrogens (primary N) is 1. The van der Waals surface area contributed by atoms with Crippen molar-refractivity contribution >= 4 is 79.4 Å². The molecule has 0 spiro atoms. The van der Waals surface area contributed by atoms with E-state index in [0.29, 0.717) is 0 Å². The van der Waals surface area contributed by atoms with Gasteiger partial charge in [-0.3, -0.25) is 9.11 Å². The molecule has 0 heterocycles. The lowest BCUT2D eigenvalue weighted by Crippen LogP contribution is -2.15. The van der Waals surface area contributed by atoms with Crippen LogP contribution in [0.15, 0.2) is 102 Å². The number of sulfone groups is 2. The molecule has 0 atom stereocenters. The molecule has 0 aromatic heterocycles. The van der Waals surface area contributed by atoms with E-state index in [1.165, 1.54) is 55.5 Å². The molecule has 0 aliphatic heterocycles. The second-order valence-corrected chi connectivity index (χ2v) is 16.4. The average Bonchev–Trinajstić information content (AvgIpc) is 2.99. The van der Waals surface area contributed by atoms with Gasteiger partial charge in [0.1, 0.15) is 16.3 Å². The van der Waals surface area contributed by atoms with E-state index in [9.17, 15) is 43.3 Å². The van der Waals surface area contributed by atoms with Crippen molar-refractivity contribution in [2.75, 3.05) is 23.8 Å². The molecule has 4 aromatic rings.